The van der Waals surface area contributed by atoms with Crippen LogP contribution in [0.3, 0.4) is 0 Å². The maximum absolute atomic E-state index is 12.6. The highest BCUT2D eigenvalue weighted by atomic mass is 19.4. The standard InChI is InChI=1S/C18H29N3O4.C2HF3O2/c1-14-16(25-13-19-14)17(22)20-6-4-18(5-7-20)10-15(11-24-3)21(12-18)8-9-23-2;3-2(4,5)1(6)7/h13,15H,4-12H2,1-3H3;(H,6,7). The normalized spacial score (nSPS) is 20.8. The minimum atomic E-state index is -5.08. The lowest BCUT2D eigenvalue weighted by molar-refractivity contribution is -0.192. The van der Waals surface area contributed by atoms with E-state index < -0.39 is 12.1 Å². The zero-order chi connectivity index (χ0) is 23.9. The SMILES string of the molecule is COCCN1CC2(CCN(C(=O)c3ocnc3C)CC2)CC1COC.O=C(O)C(F)(F)F. The lowest BCUT2D eigenvalue weighted by Gasteiger charge is -2.39. The molecule has 2 saturated heterocycles. The number of aliphatic carboxylic acids is 1. The van der Waals surface area contributed by atoms with Crippen molar-refractivity contribution in [2.45, 2.75) is 38.4 Å². The topological polar surface area (TPSA) is 105 Å². The van der Waals surface area contributed by atoms with E-state index in [9.17, 15) is 18.0 Å². The Kier molecular flexibility index (Phi) is 9.05. The molecule has 2 aliphatic rings. The van der Waals surface area contributed by atoms with Gasteiger partial charge in [-0.1, -0.05) is 0 Å². The van der Waals surface area contributed by atoms with Crippen LogP contribution in [0.15, 0.2) is 10.8 Å². The maximum atomic E-state index is 12.6. The number of carbonyl (C=O) groups is 2. The highest BCUT2D eigenvalue weighted by Crippen LogP contribution is 2.43. The fourth-order valence-electron chi connectivity index (χ4n) is 4.28. The number of hydrogen-bond donors (Lipinski definition) is 1. The number of carboxylic acid groups (broad SMARTS) is 1. The molecular formula is C20H30F3N3O6. The zero-order valence-corrected chi connectivity index (χ0v) is 18.5. The maximum Gasteiger partial charge on any atom is 0.490 e. The summed E-state index contributed by atoms with van der Waals surface area (Å²) in [5, 5.41) is 7.12. The fourth-order valence-corrected chi connectivity index (χ4v) is 4.28. The molecule has 0 saturated carbocycles. The Hall–Kier alpha value is -2.18. The second-order valence-corrected chi connectivity index (χ2v) is 8.14. The van der Waals surface area contributed by atoms with Crippen LogP contribution in [-0.4, -0.2) is 97.6 Å². The molecule has 0 radical (unpaired) electrons. The van der Waals surface area contributed by atoms with E-state index in [1.165, 1.54) is 6.39 Å². The summed E-state index contributed by atoms with van der Waals surface area (Å²) in [6.45, 7) is 6.85. The van der Waals surface area contributed by atoms with Crippen molar-refractivity contribution in [2.24, 2.45) is 5.41 Å². The molecule has 0 aliphatic carbocycles. The van der Waals surface area contributed by atoms with E-state index >= 15 is 0 Å². The Balaban J connectivity index is 0.000000451. The fraction of sp³-hybridized carbons (Fsp3) is 0.750. The highest BCUT2D eigenvalue weighted by Gasteiger charge is 2.46. The van der Waals surface area contributed by atoms with E-state index in [-0.39, 0.29) is 11.3 Å². The number of hydrogen-bond acceptors (Lipinski definition) is 7. The van der Waals surface area contributed by atoms with Gasteiger partial charge in [0, 0.05) is 46.4 Å². The van der Waals surface area contributed by atoms with Crippen molar-refractivity contribution in [2.75, 3.05) is 53.6 Å². The Bertz CT molecular complexity index is 762. The average molecular weight is 465 g/mol. The van der Waals surface area contributed by atoms with Crippen molar-refractivity contribution in [1.82, 2.24) is 14.8 Å². The van der Waals surface area contributed by atoms with Gasteiger partial charge in [-0.05, 0) is 31.6 Å². The molecule has 1 aromatic heterocycles. The molecule has 12 heteroatoms. The molecule has 3 heterocycles. The van der Waals surface area contributed by atoms with Gasteiger partial charge in [-0.2, -0.15) is 13.2 Å². The van der Waals surface area contributed by atoms with Gasteiger partial charge >= 0.3 is 12.1 Å². The molecule has 3 rings (SSSR count). The third-order valence-corrected chi connectivity index (χ3v) is 5.96. The van der Waals surface area contributed by atoms with E-state index in [1.54, 1.807) is 14.2 Å². The number of oxazole rings is 1. The van der Waals surface area contributed by atoms with Crippen LogP contribution in [0.5, 0.6) is 0 Å². The van der Waals surface area contributed by atoms with Gasteiger partial charge in [0.1, 0.15) is 0 Å². The van der Waals surface area contributed by atoms with Crippen LogP contribution < -0.4 is 0 Å². The summed E-state index contributed by atoms with van der Waals surface area (Å²) in [6, 6.07) is 0.443. The number of aromatic nitrogens is 1. The Morgan fingerprint density at radius 3 is 2.38 bits per heavy atom. The number of carboxylic acids is 1. The minimum absolute atomic E-state index is 0.0347. The third kappa shape index (κ3) is 6.66. The quantitative estimate of drug-likeness (QED) is 0.682. The van der Waals surface area contributed by atoms with Crippen LogP contribution in [0, 0.1) is 12.3 Å². The first-order valence-electron chi connectivity index (χ1n) is 10.2. The summed E-state index contributed by atoms with van der Waals surface area (Å²) in [4.78, 5) is 29.9. The number of aryl methyl sites for hydroxylation is 1. The van der Waals surface area contributed by atoms with Crippen LogP contribution >= 0.6 is 0 Å². The van der Waals surface area contributed by atoms with E-state index in [4.69, 9.17) is 23.8 Å². The Labute approximate surface area is 184 Å². The van der Waals surface area contributed by atoms with Crippen LogP contribution in [0.4, 0.5) is 13.2 Å². The largest absolute Gasteiger partial charge is 0.490 e. The van der Waals surface area contributed by atoms with Gasteiger partial charge in [-0.3, -0.25) is 9.69 Å². The lowest BCUT2D eigenvalue weighted by Crippen LogP contribution is -2.44. The lowest BCUT2D eigenvalue weighted by atomic mass is 9.76. The van der Waals surface area contributed by atoms with Crippen LogP contribution in [0.2, 0.25) is 0 Å². The van der Waals surface area contributed by atoms with Crippen molar-refractivity contribution >= 4 is 11.9 Å². The number of methoxy groups -OCH3 is 2. The molecule has 32 heavy (non-hydrogen) atoms. The smallest absolute Gasteiger partial charge is 0.475 e. The monoisotopic (exact) mass is 465 g/mol. The molecule has 1 amide bonds. The first kappa shape index (κ1) is 26.1. The van der Waals surface area contributed by atoms with Crippen LogP contribution in [0.1, 0.15) is 35.5 Å². The summed E-state index contributed by atoms with van der Waals surface area (Å²) < 4.78 is 47.7. The molecule has 9 nitrogen and oxygen atoms in total. The Morgan fingerprint density at radius 1 is 1.28 bits per heavy atom. The highest BCUT2D eigenvalue weighted by molar-refractivity contribution is 5.92. The van der Waals surface area contributed by atoms with Gasteiger partial charge < -0.3 is 23.9 Å². The summed E-state index contributed by atoms with van der Waals surface area (Å²) in [6.07, 6.45) is -0.562. The van der Waals surface area contributed by atoms with Crippen LogP contribution in [-0.2, 0) is 14.3 Å². The molecule has 1 spiro atoms. The second kappa shape index (κ2) is 11.1. The van der Waals surface area contributed by atoms with Gasteiger partial charge in [0.25, 0.3) is 5.91 Å². The van der Waals surface area contributed by atoms with Crippen molar-refractivity contribution in [3.05, 3.63) is 17.8 Å². The predicted octanol–water partition coefficient (Wildman–Crippen LogP) is 2.21. The van der Waals surface area contributed by atoms with E-state index in [0.717, 1.165) is 58.7 Å². The van der Waals surface area contributed by atoms with Crippen molar-refractivity contribution < 1.29 is 41.8 Å². The number of rotatable bonds is 6. The number of halogens is 3. The van der Waals surface area contributed by atoms with Gasteiger partial charge in [0.2, 0.25) is 5.76 Å². The number of likely N-dealkylation sites (tertiary alicyclic amines) is 2. The number of alkyl halides is 3. The molecule has 1 atom stereocenters. The van der Waals surface area contributed by atoms with Crippen molar-refractivity contribution in [1.29, 1.82) is 0 Å². The molecule has 1 aromatic rings. The van der Waals surface area contributed by atoms with Gasteiger partial charge in [-0.25, -0.2) is 9.78 Å². The molecule has 2 fully saturated rings. The Morgan fingerprint density at radius 2 is 1.91 bits per heavy atom. The molecule has 1 N–H and O–H groups in total. The predicted molar refractivity (Wildman–Crippen MR) is 106 cm³/mol. The first-order chi connectivity index (χ1) is 15.0. The van der Waals surface area contributed by atoms with Crippen LogP contribution in [0.25, 0.3) is 0 Å². The zero-order valence-electron chi connectivity index (χ0n) is 18.5. The summed E-state index contributed by atoms with van der Waals surface area (Å²) in [5.41, 5.74) is 0.946. The van der Waals surface area contributed by atoms with E-state index in [0.29, 0.717) is 17.5 Å². The molecule has 1 unspecified atom stereocenters. The van der Waals surface area contributed by atoms with Crippen molar-refractivity contribution in [3.8, 4) is 0 Å². The number of nitrogens with zero attached hydrogens (tertiary/aromatic N) is 3. The van der Waals surface area contributed by atoms with Crippen molar-refractivity contribution in [3.63, 3.8) is 0 Å². The summed E-state index contributed by atoms with van der Waals surface area (Å²) in [7, 11) is 3.51. The molecule has 182 valence electrons. The summed E-state index contributed by atoms with van der Waals surface area (Å²) >= 11 is 0. The number of amides is 1. The second-order valence-electron chi connectivity index (χ2n) is 8.14. The molecule has 0 aromatic carbocycles. The van der Waals surface area contributed by atoms with E-state index in [1.807, 2.05) is 11.8 Å². The third-order valence-electron chi connectivity index (χ3n) is 5.96. The number of carbonyl (C=O) groups excluding carboxylic acids is 1. The number of ether oxygens (including phenoxy) is 2. The first-order valence-corrected chi connectivity index (χ1v) is 10.2. The van der Waals surface area contributed by atoms with Gasteiger partial charge in [-0.15, -0.1) is 0 Å². The van der Waals surface area contributed by atoms with E-state index in [2.05, 4.69) is 9.88 Å². The van der Waals surface area contributed by atoms with Gasteiger partial charge in [0.05, 0.1) is 18.9 Å². The average Bonchev–Trinajstić information content (AvgIpc) is 3.30. The molecule has 2 aliphatic heterocycles. The summed E-state index contributed by atoms with van der Waals surface area (Å²) in [5.74, 6) is -2.42. The molecular weight excluding hydrogens is 435 g/mol. The molecule has 0 bridgehead atoms. The minimum Gasteiger partial charge on any atom is -0.475 e. The van der Waals surface area contributed by atoms with Gasteiger partial charge in [0.15, 0.2) is 6.39 Å². The number of piperidine rings is 1.